The van der Waals surface area contributed by atoms with Crippen LogP contribution in [0.4, 0.5) is 0 Å². The molecule has 0 aromatic heterocycles. The summed E-state index contributed by atoms with van der Waals surface area (Å²) in [6, 6.07) is 0. The van der Waals surface area contributed by atoms with Crippen molar-refractivity contribution in [3.05, 3.63) is 11.1 Å². The lowest BCUT2D eigenvalue weighted by Crippen LogP contribution is -2.33. The van der Waals surface area contributed by atoms with Crippen molar-refractivity contribution < 1.29 is 19.4 Å². The molecule has 152 valence electrons. The molecule has 0 unspecified atom stereocenters. The van der Waals surface area contributed by atoms with Crippen LogP contribution < -0.4 is 0 Å². The molecule has 0 aromatic rings. The average molecular weight is 415 g/mol. The Balaban J connectivity index is 1.56. The highest BCUT2D eigenvalue weighted by Crippen LogP contribution is 2.31. The molecular formula is C19H30N2O4S2. The molecule has 2 rings (SSSR count). The second kappa shape index (κ2) is 12.4. The van der Waals surface area contributed by atoms with Gasteiger partial charge in [-0.2, -0.15) is 0 Å². The topological polar surface area (TPSA) is 70.1 Å². The van der Waals surface area contributed by atoms with Gasteiger partial charge in [-0.1, -0.05) is 62.5 Å². The Hall–Kier alpha value is -1.12. The molecule has 0 saturated carbocycles. The van der Waals surface area contributed by atoms with Crippen LogP contribution in [0, 0.1) is 0 Å². The number of morpholine rings is 1. The van der Waals surface area contributed by atoms with Crippen molar-refractivity contribution in [3.63, 3.8) is 0 Å². The fraction of sp³-hybridized carbons (Fsp3) is 0.737. The van der Waals surface area contributed by atoms with E-state index < -0.39 is 5.97 Å². The van der Waals surface area contributed by atoms with Gasteiger partial charge in [0, 0.05) is 32.3 Å². The van der Waals surface area contributed by atoms with Crippen LogP contribution >= 0.6 is 24.0 Å². The van der Waals surface area contributed by atoms with E-state index in [0.29, 0.717) is 24.1 Å². The van der Waals surface area contributed by atoms with Crippen LogP contribution in [-0.4, -0.2) is 64.0 Å². The van der Waals surface area contributed by atoms with Crippen LogP contribution in [0.3, 0.4) is 0 Å². The van der Waals surface area contributed by atoms with Gasteiger partial charge in [-0.15, -0.1) is 0 Å². The van der Waals surface area contributed by atoms with E-state index in [1.54, 1.807) is 4.90 Å². The number of carbonyl (C=O) groups excluding carboxylic acids is 1. The Labute approximate surface area is 171 Å². The monoisotopic (exact) mass is 414 g/mol. The number of carboxylic acid groups (broad SMARTS) is 1. The summed E-state index contributed by atoms with van der Waals surface area (Å²) in [4.78, 5) is 27.6. The molecule has 0 spiro atoms. The predicted octanol–water partition coefficient (Wildman–Crippen LogP) is 3.62. The maximum Gasteiger partial charge on any atom is 0.303 e. The van der Waals surface area contributed by atoms with Crippen molar-refractivity contribution in [1.82, 2.24) is 9.80 Å². The van der Waals surface area contributed by atoms with Crippen molar-refractivity contribution >= 4 is 40.2 Å². The summed E-state index contributed by atoms with van der Waals surface area (Å²) in [5.74, 6) is -0.666. The fourth-order valence-corrected chi connectivity index (χ4v) is 4.48. The fourth-order valence-electron chi connectivity index (χ4n) is 3.16. The lowest BCUT2D eigenvalue weighted by atomic mass is 10.1. The van der Waals surface area contributed by atoms with Crippen LogP contribution in [0.1, 0.15) is 57.8 Å². The maximum absolute atomic E-state index is 12.6. The van der Waals surface area contributed by atoms with Gasteiger partial charge in [0.05, 0.1) is 18.1 Å². The zero-order valence-corrected chi connectivity index (χ0v) is 17.5. The standard InChI is InChI=1S/C19H30N2O4S2/c22-17(23)9-7-5-3-1-2-4-6-8-10-21-18(24)16(27-19(21)26)15-20-11-13-25-14-12-20/h15H,1-14H2,(H,22,23). The minimum atomic E-state index is -0.703. The molecule has 2 saturated heterocycles. The Kier molecular flexibility index (Phi) is 10.2. The number of thioether (sulfide) groups is 1. The summed E-state index contributed by atoms with van der Waals surface area (Å²) >= 11 is 6.78. The summed E-state index contributed by atoms with van der Waals surface area (Å²) in [6.45, 7) is 3.75. The molecule has 2 heterocycles. The van der Waals surface area contributed by atoms with Crippen LogP contribution in [0.2, 0.25) is 0 Å². The van der Waals surface area contributed by atoms with E-state index in [-0.39, 0.29) is 12.3 Å². The number of aliphatic carboxylic acids is 1. The molecule has 0 radical (unpaired) electrons. The smallest absolute Gasteiger partial charge is 0.303 e. The van der Waals surface area contributed by atoms with E-state index in [9.17, 15) is 9.59 Å². The molecule has 0 atom stereocenters. The van der Waals surface area contributed by atoms with Gasteiger partial charge in [-0.3, -0.25) is 14.5 Å². The summed E-state index contributed by atoms with van der Waals surface area (Å²) in [7, 11) is 0. The Bertz CT molecular complexity index is 548. The molecule has 0 aliphatic carbocycles. The molecule has 6 nitrogen and oxygen atoms in total. The van der Waals surface area contributed by atoms with E-state index in [1.807, 2.05) is 6.20 Å². The lowest BCUT2D eigenvalue weighted by molar-refractivity contribution is -0.137. The van der Waals surface area contributed by atoms with Crippen LogP contribution in [0.25, 0.3) is 0 Å². The maximum atomic E-state index is 12.6. The average Bonchev–Trinajstić information content (AvgIpc) is 2.91. The number of rotatable bonds is 12. The summed E-state index contributed by atoms with van der Waals surface area (Å²) in [5, 5.41) is 8.59. The van der Waals surface area contributed by atoms with E-state index >= 15 is 0 Å². The zero-order chi connectivity index (χ0) is 19.5. The van der Waals surface area contributed by atoms with Crippen molar-refractivity contribution in [1.29, 1.82) is 0 Å². The molecule has 0 aromatic carbocycles. The Morgan fingerprint density at radius 2 is 1.67 bits per heavy atom. The second-order valence-corrected chi connectivity index (χ2v) is 8.61. The third-order valence-electron chi connectivity index (χ3n) is 4.74. The van der Waals surface area contributed by atoms with Gasteiger partial charge in [0.1, 0.15) is 4.32 Å². The number of amides is 1. The van der Waals surface area contributed by atoms with Crippen molar-refractivity contribution in [2.75, 3.05) is 32.8 Å². The largest absolute Gasteiger partial charge is 0.481 e. The van der Waals surface area contributed by atoms with Gasteiger partial charge in [-0.05, 0) is 12.8 Å². The first-order valence-electron chi connectivity index (χ1n) is 9.87. The highest BCUT2D eigenvalue weighted by atomic mass is 32.2. The molecule has 1 N–H and O–H groups in total. The third kappa shape index (κ3) is 8.19. The lowest BCUT2D eigenvalue weighted by Gasteiger charge is -2.25. The first-order valence-corrected chi connectivity index (χ1v) is 11.1. The molecule has 1 amide bonds. The minimum Gasteiger partial charge on any atom is -0.481 e. The number of carbonyl (C=O) groups is 2. The summed E-state index contributed by atoms with van der Waals surface area (Å²) in [5.41, 5.74) is 0. The molecule has 2 aliphatic rings. The van der Waals surface area contributed by atoms with Gasteiger partial charge in [0.25, 0.3) is 5.91 Å². The van der Waals surface area contributed by atoms with E-state index in [0.717, 1.165) is 62.9 Å². The van der Waals surface area contributed by atoms with Crippen molar-refractivity contribution in [3.8, 4) is 0 Å². The molecule has 0 bridgehead atoms. The zero-order valence-electron chi connectivity index (χ0n) is 15.9. The van der Waals surface area contributed by atoms with Gasteiger partial charge in [-0.25, -0.2) is 0 Å². The predicted molar refractivity (Wildman–Crippen MR) is 112 cm³/mol. The number of unbranched alkanes of at least 4 members (excludes halogenated alkanes) is 7. The van der Waals surface area contributed by atoms with E-state index in [2.05, 4.69) is 4.90 Å². The SMILES string of the molecule is O=C(O)CCCCCCCCCCN1C(=O)C(=CN2CCOCC2)SC1=S. The quantitative estimate of drug-likeness (QED) is 0.297. The van der Waals surface area contributed by atoms with Gasteiger partial charge in [0.15, 0.2) is 0 Å². The molecule has 27 heavy (non-hydrogen) atoms. The number of carboxylic acids is 1. The molecule has 2 aliphatic heterocycles. The van der Waals surface area contributed by atoms with Crippen LogP contribution in [0.15, 0.2) is 11.1 Å². The number of ether oxygens (including phenoxy) is 1. The third-order valence-corrected chi connectivity index (χ3v) is 6.11. The van der Waals surface area contributed by atoms with Gasteiger partial charge in [0.2, 0.25) is 0 Å². The second-order valence-electron chi connectivity index (χ2n) is 6.94. The number of thiocarbonyl (C=S) groups is 1. The Morgan fingerprint density at radius 1 is 1.07 bits per heavy atom. The van der Waals surface area contributed by atoms with Crippen molar-refractivity contribution in [2.24, 2.45) is 0 Å². The van der Waals surface area contributed by atoms with Gasteiger partial charge < -0.3 is 14.7 Å². The first kappa shape index (κ1) is 22.2. The van der Waals surface area contributed by atoms with Crippen molar-refractivity contribution in [2.45, 2.75) is 57.8 Å². The number of hydrogen-bond acceptors (Lipinski definition) is 6. The van der Waals surface area contributed by atoms with E-state index in [4.69, 9.17) is 22.1 Å². The highest BCUT2D eigenvalue weighted by molar-refractivity contribution is 8.26. The first-order chi connectivity index (χ1) is 13.1. The molecular weight excluding hydrogens is 384 g/mol. The van der Waals surface area contributed by atoms with E-state index in [1.165, 1.54) is 18.2 Å². The highest BCUT2D eigenvalue weighted by Gasteiger charge is 2.32. The molecule has 2 fully saturated rings. The normalized spacial score (nSPS) is 19.3. The number of hydrogen-bond donors (Lipinski definition) is 1. The van der Waals surface area contributed by atoms with Crippen LogP contribution in [-0.2, 0) is 14.3 Å². The minimum absolute atomic E-state index is 0.0370. The summed E-state index contributed by atoms with van der Waals surface area (Å²) < 4.78 is 6.00. The molecule has 8 heteroatoms. The Morgan fingerprint density at radius 3 is 2.30 bits per heavy atom. The van der Waals surface area contributed by atoms with Gasteiger partial charge >= 0.3 is 5.97 Å². The van der Waals surface area contributed by atoms with Crippen LogP contribution in [0.5, 0.6) is 0 Å². The summed E-state index contributed by atoms with van der Waals surface area (Å²) in [6.07, 6.45) is 10.6. The number of nitrogens with zero attached hydrogens (tertiary/aromatic N) is 2.